The Labute approximate surface area is 146 Å². The zero-order valence-corrected chi connectivity index (χ0v) is 14.3. The molecule has 0 atom stereocenters. The molecule has 0 fully saturated rings. The van der Waals surface area contributed by atoms with Crippen molar-refractivity contribution < 1.29 is 14.3 Å². The Morgan fingerprint density at radius 1 is 1.12 bits per heavy atom. The average molecular weight is 347 g/mol. The zero-order valence-electron chi connectivity index (χ0n) is 13.6. The molecule has 0 heterocycles. The first-order valence-electron chi connectivity index (χ1n) is 7.62. The SMILES string of the molecule is CCOc1ccc(/C=N\NC(=O)c2cccc(Cl)c2)cc1OCC. The van der Waals surface area contributed by atoms with E-state index in [9.17, 15) is 4.79 Å². The van der Waals surface area contributed by atoms with Gasteiger partial charge in [0.2, 0.25) is 0 Å². The summed E-state index contributed by atoms with van der Waals surface area (Å²) in [5.74, 6) is 0.994. The summed E-state index contributed by atoms with van der Waals surface area (Å²) in [4.78, 5) is 12.0. The highest BCUT2D eigenvalue weighted by Crippen LogP contribution is 2.27. The number of rotatable bonds is 7. The Hall–Kier alpha value is -2.53. The van der Waals surface area contributed by atoms with Crippen LogP contribution in [-0.2, 0) is 0 Å². The molecule has 5 nitrogen and oxygen atoms in total. The minimum absolute atomic E-state index is 0.329. The predicted octanol–water partition coefficient (Wildman–Crippen LogP) is 3.90. The van der Waals surface area contributed by atoms with Gasteiger partial charge in [0.05, 0.1) is 19.4 Å². The second-order valence-corrected chi connectivity index (χ2v) is 5.22. The van der Waals surface area contributed by atoms with E-state index in [1.54, 1.807) is 30.5 Å². The number of halogens is 1. The third-order valence-electron chi connectivity index (χ3n) is 3.03. The Kier molecular flexibility index (Phi) is 6.63. The number of hydrogen-bond acceptors (Lipinski definition) is 4. The average Bonchev–Trinajstić information content (AvgIpc) is 2.57. The van der Waals surface area contributed by atoms with Gasteiger partial charge in [0.15, 0.2) is 11.5 Å². The maximum atomic E-state index is 12.0. The minimum Gasteiger partial charge on any atom is -0.490 e. The number of amides is 1. The van der Waals surface area contributed by atoms with Crippen molar-refractivity contribution >= 4 is 23.7 Å². The normalized spacial score (nSPS) is 10.6. The molecule has 0 aliphatic carbocycles. The Bertz CT molecular complexity index is 732. The fourth-order valence-corrected chi connectivity index (χ4v) is 2.20. The molecule has 6 heteroatoms. The van der Waals surface area contributed by atoms with Gasteiger partial charge in [-0.05, 0) is 55.8 Å². The van der Waals surface area contributed by atoms with E-state index in [2.05, 4.69) is 10.5 Å². The quantitative estimate of drug-likeness (QED) is 0.611. The van der Waals surface area contributed by atoms with Crippen LogP contribution in [0.3, 0.4) is 0 Å². The van der Waals surface area contributed by atoms with Crippen molar-refractivity contribution in [3.63, 3.8) is 0 Å². The third-order valence-corrected chi connectivity index (χ3v) is 3.27. The Morgan fingerprint density at radius 3 is 2.58 bits per heavy atom. The van der Waals surface area contributed by atoms with Crippen molar-refractivity contribution in [1.29, 1.82) is 0 Å². The highest BCUT2D eigenvalue weighted by Gasteiger charge is 2.06. The molecule has 0 unspecified atom stereocenters. The van der Waals surface area contributed by atoms with Gasteiger partial charge >= 0.3 is 0 Å². The number of ether oxygens (including phenoxy) is 2. The molecule has 0 aromatic heterocycles. The van der Waals surface area contributed by atoms with Crippen LogP contribution in [0.4, 0.5) is 0 Å². The van der Waals surface area contributed by atoms with Gasteiger partial charge in [0.25, 0.3) is 5.91 Å². The summed E-state index contributed by atoms with van der Waals surface area (Å²) in [5, 5.41) is 4.46. The molecule has 24 heavy (non-hydrogen) atoms. The largest absolute Gasteiger partial charge is 0.490 e. The van der Waals surface area contributed by atoms with Gasteiger partial charge in [-0.1, -0.05) is 17.7 Å². The molecule has 0 bridgehead atoms. The standard InChI is InChI=1S/C18H19ClN2O3/c1-3-23-16-9-8-13(10-17(16)24-4-2)12-20-21-18(22)14-6-5-7-15(19)11-14/h5-12H,3-4H2,1-2H3,(H,21,22)/b20-12-. The molecule has 2 aromatic rings. The van der Waals surface area contributed by atoms with Crippen LogP contribution < -0.4 is 14.9 Å². The molecule has 0 aliphatic heterocycles. The highest BCUT2D eigenvalue weighted by molar-refractivity contribution is 6.30. The van der Waals surface area contributed by atoms with Crippen LogP contribution in [0.25, 0.3) is 0 Å². The van der Waals surface area contributed by atoms with Crippen LogP contribution in [0.5, 0.6) is 11.5 Å². The smallest absolute Gasteiger partial charge is 0.271 e. The van der Waals surface area contributed by atoms with E-state index in [0.29, 0.717) is 35.3 Å². The monoisotopic (exact) mass is 346 g/mol. The molecule has 2 aromatic carbocycles. The van der Waals surface area contributed by atoms with Crippen LogP contribution in [-0.4, -0.2) is 25.3 Å². The molecule has 2 rings (SSSR count). The number of nitrogens with zero attached hydrogens (tertiary/aromatic N) is 1. The van der Waals surface area contributed by atoms with Crippen molar-refractivity contribution in [1.82, 2.24) is 5.43 Å². The summed E-state index contributed by atoms with van der Waals surface area (Å²) in [7, 11) is 0. The Morgan fingerprint density at radius 2 is 1.88 bits per heavy atom. The lowest BCUT2D eigenvalue weighted by Crippen LogP contribution is -2.17. The summed E-state index contributed by atoms with van der Waals surface area (Å²) < 4.78 is 11.1. The molecule has 0 saturated carbocycles. The molecule has 0 radical (unpaired) electrons. The minimum atomic E-state index is -0.329. The molecular formula is C18H19ClN2O3. The molecular weight excluding hydrogens is 328 g/mol. The van der Waals surface area contributed by atoms with Crippen LogP contribution in [0.1, 0.15) is 29.8 Å². The van der Waals surface area contributed by atoms with E-state index in [4.69, 9.17) is 21.1 Å². The van der Waals surface area contributed by atoms with Crippen LogP contribution in [0.15, 0.2) is 47.6 Å². The molecule has 0 aliphatic rings. The summed E-state index contributed by atoms with van der Waals surface area (Å²) in [6.45, 7) is 4.91. The fraction of sp³-hybridized carbons (Fsp3) is 0.222. The number of carbonyl (C=O) groups excluding carboxylic acids is 1. The van der Waals surface area contributed by atoms with Crippen molar-refractivity contribution in [3.8, 4) is 11.5 Å². The molecule has 1 N–H and O–H groups in total. The van der Waals surface area contributed by atoms with Crippen molar-refractivity contribution in [2.24, 2.45) is 5.10 Å². The van der Waals surface area contributed by atoms with Crippen molar-refractivity contribution in [2.45, 2.75) is 13.8 Å². The van der Waals surface area contributed by atoms with E-state index < -0.39 is 0 Å². The van der Waals surface area contributed by atoms with E-state index in [0.717, 1.165) is 5.56 Å². The molecule has 126 valence electrons. The van der Waals surface area contributed by atoms with Crippen molar-refractivity contribution in [3.05, 3.63) is 58.6 Å². The molecule has 0 spiro atoms. The first kappa shape index (κ1) is 17.8. The zero-order chi connectivity index (χ0) is 17.4. The van der Waals surface area contributed by atoms with E-state index >= 15 is 0 Å². The topological polar surface area (TPSA) is 59.9 Å². The highest BCUT2D eigenvalue weighted by atomic mass is 35.5. The van der Waals surface area contributed by atoms with Crippen LogP contribution >= 0.6 is 11.6 Å². The summed E-state index contributed by atoms with van der Waals surface area (Å²) >= 11 is 5.86. The van der Waals surface area contributed by atoms with Gasteiger partial charge in [-0.3, -0.25) is 4.79 Å². The van der Waals surface area contributed by atoms with Gasteiger partial charge in [-0.25, -0.2) is 5.43 Å². The first-order valence-corrected chi connectivity index (χ1v) is 8.00. The Balaban J connectivity index is 2.05. The maximum absolute atomic E-state index is 12.0. The predicted molar refractivity (Wildman–Crippen MR) is 95.3 cm³/mol. The molecule has 1 amide bonds. The lowest BCUT2D eigenvalue weighted by atomic mass is 10.2. The van der Waals surface area contributed by atoms with Crippen LogP contribution in [0, 0.1) is 0 Å². The lowest BCUT2D eigenvalue weighted by Gasteiger charge is -2.11. The first-order chi connectivity index (χ1) is 11.6. The van der Waals surface area contributed by atoms with Gasteiger partial charge in [0, 0.05) is 10.6 Å². The summed E-state index contributed by atoms with van der Waals surface area (Å²) in [6.07, 6.45) is 1.54. The second-order valence-electron chi connectivity index (χ2n) is 4.78. The third kappa shape index (κ3) is 4.99. The maximum Gasteiger partial charge on any atom is 0.271 e. The number of benzene rings is 2. The number of hydrazone groups is 1. The van der Waals surface area contributed by atoms with E-state index in [1.807, 2.05) is 32.0 Å². The molecule has 0 saturated heterocycles. The van der Waals surface area contributed by atoms with Crippen molar-refractivity contribution in [2.75, 3.05) is 13.2 Å². The van der Waals surface area contributed by atoms with Gasteiger partial charge in [-0.2, -0.15) is 5.10 Å². The number of hydrogen-bond donors (Lipinski definition) is 1. The summed E-state index contributed by atoms with van der Waals surface area (Å²) in [5.41, 5.74) is 3.70. The van der Waals surface area contributed by atoms with Gasteiger partial charge in [0.1, 0.15) is 0 Å². The van der Waals surface area contributed by atoms with E-state index in [1.165, 1.54) is 0 Å². The van der Waals surface area contributed by atoms with Gasteiger partial charge in [-0.15, -0.1) is 0 Å². The van der Waals surface area contributed by atoms with Gasteiger partial charge < -0.3 is 9.47 Å². The number of carbonyl (C=O) groups is 1. The second kappa shape index (κ2) is 8.93. The van der Waals surface area contributed by atoms with E-state index in [-0.39, 0.29) is 5.91 Å². The number of nitrogens with one attached hydrogen (secondary N) is 1. The van der Waals surface area contributed by atoms with Crippen LogP contribution in [0.2, 0.25) is 5.02 Å². The fourth-order valence-electron chi connectivity index (χ4n) is 2.01. The summed E-state index contributed by atoms with van der Waals surface area (Å²) in [6, 6.07) is 12.1. The lowest BCUT2D eigenvalue weighted by molar-refractivity contribution is 0.0955.